The number of hydrogen-bond donors (Lipinski definition) is 1. The number of nitriles is 1. The predicted octanol–water partition coefficient (Wildman–Crippen LogP) is 1.34. The van der Waals surface area contributed by atoms with E-state index in [1.54, 1.807) is 33.2 Å². The van der Waals surface area contributed by atoms with Gasteiger partial charge in [0.25, 0.3) is 0 Å². The molecule has 1 N–H and O–H groups in total. The lowest BCUT2D eigenvalue weighted by Crippen LogP contribution is -2.64. The third-order valence-electron chi connectivity index (χ3n) is 5.79. The van der Waals surface area contributed by atoms with Gasteiger partial charge in [-0.05, 0) is 19.1 Å². The van der Waals surface area contributed by atoms with E-state index in [1.807, 2.05) is 37.6 Å². The highest BCUT2D eigenvalue weighted by atomic mass is 32.2. The van der Waals surface area contributed by atoms with Gasteiger partial charge in [0.15, 0.2) is 5.65 Å². The summed E-state index contributed by atoms with van der Waals surface area (Å²) < 4.78 is 30.9. The van der Waals surface area contributed by atoms with Crippen LogP contribution in [0.5, 0.6) is 0 Å². The first-order chi connectivity index (χ1) is 15.8. The van der Waals surface area contributed by atoms with Crippen LogP contribution in [0, 0.1) is 11.3 Å². The minimum absolute atomic E-state index is 0.0314. The van der Waals surface area contributed by atoms with E-state index in [0.717, 1.165) is 16.9 Å². The molecule has 13 heteroatoms. The van der Waals surface area contributed by atoms with E-state index in [1.165, 1.54) is 4.31 Å². The van der Waals surface area contributed by atoms with Gasteiger partial charge in [-0.2, -0.15) is 24.7 Å². The van der Waals surface area contributed by atoms with Crippen LogP contribution in [0.1, 0.15) is 13.3 Å². The molecular formula is C20H22N10O2S. The fraction of sp³-hybridized carbons (Fsp3) is 0.350. The molecule has 12 nitrogen and oxygen atoms in total. The summed E-state index contributed by atoms with van der Waals surface area (Å²) in [7, 11) is -1.48. The average molecular weight is 467 g/mol. The standard InChI is InChI=1S/C20H22N10O2S/c1-3-33(31,32)28-13-20(14-28,7-8-21)29-11-15(9-23-29)17-5-4-6-18-25-19(26-30(17)18)24-16-10-22-27(2)12-16/h4-6,9-12H,3,7,13-14H2,1-2H3,(H,24,26). The van der Waals surface area contributed by atoms with Crippen LogP contribution in [0.15, 0.2) is 43.0 Å². The highest BCUT2D eigenvalue weighted by molar-refractivity contribution is 7.89. The molecule has 33 heavy (non-hydrogen) atoms. The number of nitrogens with zero attached hydrogens (tertiary/aromatic N) is 9. The molecule has 0 aliphatic carbocycles. The molecule has 5 rings (SSSR count). The van der Waals surface area contributed by atoms with Crippen molar-refractivity contribution in [1.82, 2.24) is 38.5 Å². The van der Waals surface area contributed by atoms with Crippen LogP contribution < -0.4 is 5.32 Å². The second-order valence-corrected chi connectivity index (χ2v) is 10.3. The van der Waals surface area contributed by atoms with E-state index in [9.17, 15) is 13.7 Å². The van der Waals surface area contributed by atoms with Crippen LogP contribution in [0.2, 0.25) is 0 Å². The van der Waals surface area contributed by atoms with Gasteiger partial charge in [-0.25, -0.2) is 12.9 Å². The maximum absolute atomic E-state index is 12.2. The molecule has 170 valence electrons. The Bertz CT molecular complexity index is 1470. The van der Waals surface area contributed by atoms with E-state index in [0.29, 0.717) is 11.6 Å². The monoisotopic (exact) mass is 466 g/mol. The molecule has 0 unspecified atom stereocenters. The third kappa shape index (κ3) is 3.62. The lowest BCUT2D eigenvalue weighted by Gasteiger charge is -2.47. The van der Waals surface area contributed by atoms with Crippen molar-refractivity contribution in [2.45, 2.75) is 18.9 Å². The van der Waals surface area contributed by atoms with Crippen LogP contribution in [0.25, 0.3) is 16.9 Å². The SMILES string of the molecule is CCS(=O)(=O)N1CC(CC#N)(n2cc(-c3cccc4nc(Nc5cnn(C)c5)nn34)cn2)C1. The Morgan fingerprint density at radius 2 is 2.03 bits per heavy atom. The first kappa shape index (κ1) is 21.1. The van der Waals surface area contributed by atoms with Gasteiger partial charge in [0, 0.05) is 38.1 Å². The minimum Gasteiger partial charge on any atom is -0.320 e. The minimum atomic E-state index is -3.31. The molecule has 1 aliphatic heterocycles. The third-order valence-corrected chi connectivity index (χ3v) is 7.57. The fourth-order valence-electron chi connectivity index (χ4n) is 3.98. The second-order valence-electron chi connectivity index (χ2n) is 8.05. The Labute approximate surface area is 190 Å². The molecule has 0 radical (unpaired) electrons. The highest BCUT2D eigenvalue weighted by Crippen LogP contribution is 2.35. The average Bonchev–Trinajstić information content (AvgIpc) is 3.49. The highest BCUT2D eigenvalue weighted by Gasteiger charge is 2.49. The summed E-state index contributed by atoms with van der Waals surface area (Å²) in [5.41, 5.74) is 2.31. The molecule has 0 saturated carbocycles. The molecule has 0 bridgehead atoms. The van der Waals surface area contributed by atoms with Gasteiger partial charge in [0.2, 0.25) is 16.0 Å². The number of fused-ring (bicyclic) bond motifs is 1. The topological polar surface area (TPSA) is 139 Å². The van der Waals surface area contributed by atoms with Crippen molar-refractivity contribution in [2.24, 2.45) is 7.05 Å². The first-order valence-corrected chi connectivity index (χ1v) is 12.0. The van der Waals surface area contributed by atoms with E-state index >= 15 is 0 Å². The molecule has 4 aromatic heterocycles. The number of hydrogen-bond acceptors (Lipinski definition) is 8. The second kappa shape index (κ2) is 7.68. The molecule has 0 amide bonds. The van der Waals surface area contributed by atoms with Crippen LogP contribution >= 0.6 is 0 Å². The van der Waals surface area contributed by atoms with Gasteiger partial charge >= 0.3 is 0 Å². The number of rotatable bonds is 7. The van der Waals surface area contributed by atoms with Crippen LogP contribution in [0.3, 0.4) is 0 Å². The summed E-state index contributed by atoms with van der Waals surface area (Å²) in [5, 5.41) is 25.7. The number of pyridine rings is 1. The molecule has 0 spiro atoms. The quantitative estimate of drug-likeness (QED) is 0.430. The normalized spacial score (nSPS) is 15.9. The zero-order valence-electron chi connectivity index (χ0n) is 18.1. The Morgan fingerprint density at radius 1 is 1.21 bits per heavy atom. The van der Waals surface area contributed by atoms with Gasteiger partial charge in [-0.15, -0.1) is 5.10 Å². The van der Waals surface area contributed by atoms with E-state index in [4.69, 9.17) is 0 Å². The summed E-state index contributed by atoms with van der Waals surface area (Å²) in [6.07, 6.45) is 7.20. The van der Waals surface area contributed by atoms with Crippen molar-refractivity contribution < 1.29 is 8.42 Å². The van der Waals surface area contributed by atoms with Crippen molar-refractivity contribution in [3.05, 3.63) is 43.0 Å². The maximum Gasteiger partial charge on any atom is 0.247 e. The van der Waals surface area contributed by atoms with Crippen molar-refractivity contribution in [1.29, 1.82) is 5.26 Å². The van der Waals surface area contributed by atoms with Crippen molar-refractivity contribution in [3.63, 3.8) is 0 Å². The molecular weight excluding hydrogens is 444 g/mol. The molecule has 4 aromatic rings. The summed E-state index contributed by atoms with van der Waals surface area (Å²) in [5.74, 6) is 0.465. The van der Waals surface area contributed by atoms with Gasteiger partial charge in [-0.3, -0.25) is 9.36 Å². The van der Waals surface area contributed by atoms with Crippen molar-refractivity contribution >= 4 is 27.3 Å². The summed E-state index contributed by atoms with van der Waals surface area (Å²) in [6, 6.07) is 7.82. The molecule has 1 saturated heterocycles. The largest absolute Gasteiger partial charge is 0.320 e. The zero-order valence-corrected chi connectivity index (χ0v) is 18.9. The Morgan fingerprint density at radius 3 is 2.73 bits per heavy atom. The Kier molecular flexibility index (Phi) is 4.91. The Balaban J connectivity index is 1.46. The maximum atomic E-state index is 12.2. The lowest BCUT2D eigenvalue weighted by molar-refractivity contribution is 0.0719. The first-order valence-electron chi connectivity index (χ1n) is 10.4. The van der Waals surface area contributed by atoms with E-state index in [-0.39, 0.29) is 25.3 Å². The molecule has 5 heterocycles. The smallest absolute Gasteiger partial charge is 0.247 e. The number of anilines is 2. The summed E-state index contributed by atoms with van der Waals surface area (Å²) >= 11 is 0. The molecule has 1 fully saturated rings. The predicted molar refractivity (Wildman–Crippen MR) is 120 cm³/mol. The van der Waals surface area contributed by atoms with Gasteiger partial charge in [0.05, 0.1) is 42.0 Å². The zero-order chi connectivity index (χ0) is 23.2. The Hall–Kier alpha value is -3.76. The number of sulfonamides is 1. The van der Waals surface area contributed by atoms with E-state index < -0.39 is 15.6 Å². The number of nitrogens with one attached hydrogen (secondary N) is 1. The van der Waals surface area contributed by atoms with Gasteiger partial charge in [-0.1, -0.05) is 6.07 Å². The summed E-state index contributed by atoms with van der Waals surface area (Å²) in [6.45, 7) is 2.07. The molecule has 0 aromatic carbocycles. The van der Waals surface area contributed by atoms with Crippen LogP contribution in [-0.2, 0) is 22.6 Å². The number of aromatic nitrogens is 7. The molecule has 0 atom stereocenters. The summed E-state index contributed by atoms with van der Waals surface area (Å²) in [4.78, 5) is 4.52. The van der Waals surface area contributed by atoms with Gasteiger partial charge < -0.3 is 5.32 Å². The van der Waals surface area contributed by atoms with Crippen molar-refractivity contribution in [3.8, 4) is 17.3 Å². The lowest BCUT2D eigenvalue weighted by atomic mass is 9.89. The van der Waals surface area contributed by atoms with Crippen molar-refractivity contribution in [2.75, 3.05) is 24.2 Å². The fourth-order valence-corrected chi connectivity index (χ4v) is 5.22. The van der Waals surface area contributed by atoms with Gasteiger partial charge in [0.1, 0.15) is 5.54 Å². The molecule has 1 aliphatic rings. The number of aryl methyl sites for hydroxylation is 1. The van der Waals surface area contributed by atoms with E-state index in [2.05, 4.69) is 31.7 Å². The van der Waals surface area contributed by atoms with Crippen LogP contribution in [0.4, 0.5) is 11.6 Å². The van der Waals surface area contributed by atoms with Crippen LogP contribution in [-0.4, -0.2) is 65.7 Å².